The number of fused-ring (bicyclic) bond motifs is 5. The molecule has 0 atom stereocenters. The van der Waals surface area contributed by atoms with Crippen molar-refractivity contribution < 1.29 is 14.3 Å². The van der Waals surface area contributed by atoms with E-state index < -0.39 is 0 Å². The Bertz CT molecular complexity index is 938. The molecule has 2 bridgehead atoms. The lowest BCUT2D eigenvalue weighted by Crippen LogP contribution is -2.44. The first-order chi connectivity index (χ1) is 14.2. The number of amides is 1. The molecular weight excluding hydrogens is 394 g/mol. The van der Waals surface area contributed by atoms with Crippen LogP contribution < -0.4 is 4.74 Å². The minimum Gasteiger partial charge on any atom is -0.480 e. The number of carbonyl (C=O) groups is 1. The van der Waals surface area contributed by atoms with Crippen LogP contribution in [0.25, 0.3) is 11.3 Å². The van der Waals surface area contributed by atoms with Crippen molar-refractivity contribution in [1.82, 2.24) is 24.6 Å². The van der Waals surface area contributed by atoms with Crippen LogP contribution in [-0.2, 0) is 17.8 Å². The fourth-order valence-corrected chi connectivity index (χ4v) is 4.90. The normalized spacial score (nSPS) is 23.6. The summed E-state index contributed by atoms with van der Waals surface area (Å²) in [7, 11) is 1.54. The van der Waals surface area contributed by atoms with Crippen molar-refractivity contribution >= 4 is 17.6 Å². The lowest BCUT2D eigenvalue weighted by molar-refractivity contribution is 0.103. The molecule has 6 heterocycles. The monoisotopic (exact) mass is 417 g/mol. The van der Waals surface area contributed by atoms with Gasteiger partial charge in [-0.3, -0.25) is 0 Å². The summed E-state index contributed by atoms with van der Waals surface area (Å²) < 4.78 is 12.5. The van der Waals surface area contributed by atoms with E-state index in [1.165, 1.54) is 7.11 Å². The van der Waals surface area contributed by atoms with E-state index in [1.54, 1.807) is 10.9 Å². The summed E-state index contributed by atoms with van der Waals surface area (Å²) in [5, 5.41) is 5.16. The van der Waals surface area contributed by atoms with Crippen LogP contribution in [0.15, 0.2) is 12.3 Å². The summed E-state index contributed by atoms with van der Waals surface area (Å²) in [6, 6.07) is 2.03. The molecule has 1 amide bonds. The van der Waals surface area contributed by atoms with Gasteiger partial charge in [0, 0.05) is 49.5 Å². The summed E-state index contributed by atoms with van der Waals surface area (Å²) in [6.45, 7) is 4.75. The van der Waals surface area contributed by atoms with Crippen LogP contribution >= 0.6 is 11.6 Å². The van der Waals surface area contributed by atoms with Gasteiger partial charge in [0.05, 0.1) is 31.7 Å². The molecule has 0 aromatic carbocycles. The standard InChI is InChI=1S/C20H24ClN5O3/c1-28-19-17(21)15(2-6-22-19)18-14-5-11-29-12-16(14)26(23-18)20(27)25-10-9-24-7-3-13(25)4-8-24/h2,6,13H,3-5,7-12H2,1H3. The molecule has 3 fully saturated rings. The summed E-state index contributed by atoms with van der Waals surface area (Å²) in [5.41, 5.74) is 3.28. The summed E-state index contributed by atoms with van der Waals surface area (Å²) in [4.78, 5) is 22.1. The van der Waals surface area contributed by atoms with E-state index in [4.69, 9.17) is 26.2 Å². The highest BCUT2D eigenvalue weighted by Crippen LogP contribution is 2.37. The maximum absolute atomic E-state index is 13.5. The summed E-state index contributed by atoms with van der Waals surface area (Å²) in [5.74, 6) is 0.351. The van der Waals surface area contributed by atoms with Gasteiger partial charge in [0.15, 0.2) is 0 Å². The molecule has 9 heteroatoms. The molecule has 0 aliphatic carbocycles. The third-order valence-corrected chi connectivity index (χ3v) is 6.58. The second kappa shape index (κ2) is 7.59. The number of rotatable bonds is 2. The number of hydrogen-bond acceptors (Lipinski definition) is 6. The molecule has 0 N–H and O–H groups in total. The van der Waals surface area contributed by atoms with Crippen LogP contribution in [0.4, 0.5) is 4.79 Å². The van der Waals surface area contributed by atoms with E-state index >= 15 is 0 Å². The Labute approximate surface area is 174 Å². The number of pyridine rings is 1. The van der Waals surface area contributed by atoms with Crippen molar-refractivity contribution in [3.63, 3.8) is 0 Å². The highest BCUT2D eigenvalue weighted by molar-refractivity contribution is 6.34. The van der Waals surface area contributed by atoms with Crippen LogP contribution in [-0.4, -0.2) is 76.5 Å². The SMILES string of the molecule is COc1nccc(-c2nn(C(=O)N3CCN4CCC3CC4)c3c2CCOC3)c1Cl. The summed E-state index contributed by atoms with van der Waals surface area (Å²) >= 11 is 6.53. The average Bonchev–Trinajstić information content (AvgIpc) is 2.88. The van der Waals surface area contributed by atoms with E-state index in [0.717, 1.165) is 55.8 Å². The van der Waals surface area contributed by atoms with E-state index in [-0.39, 0.29) is 12.1 Å². The largest absolute Gasteiger partial charge is 0.480 e. The molecule has 4 aliphatic heterocycles. The number of piperidine rings is 1. The van der Waals surface area contributed by atoms with Gasteiger partial charge in [-0.05, 0) is 25.3 Å². The van der Waals surface area contributed by atoms with Crippen LogP contribution in [0.1, 0.15) is 24.1 Å². The van der Waals surface area contributed by atoms with Gasteiger partial charge in [0.1, 0.15) is 5.02 Å². The van der Waals surface area contributed by atoms with E-state index in [1.807, 2.05) is 11.0 Å². The first kappa shape index (κ1) is 18.8. The van der Waals surface area contributed by atoms with Crippen molar-refractivity contribution in [3.05, 3.63) is 28.5 Å². The molecule has 29 heavy (non-hydrogen) atoms. The van der Waals surface area contributed by atoms with Crippen molar-refractivity contribution in [2.24, 2.45) is 0 Å². The second-order valence-electron chi connectivity index (χ2n) is 7.72. The first-order valence-electron chi connectivity index (χ1n) is 10.1. The lowest BCUT2D eigenvalue weighted by atomic mass is 10.0. The van der Waals surface area contributed by atoms with Crippen LogP contribution in [0.2, 0.25) is 5.02 Å². The van der Waals surface area contributed by atoms with Gasteiger partial charge in [0.2, 0.25) is 5.88 Å². The van der Waals surface area contributed by atoms with E-state index in [2.05, 4.69) is 9.88 Å². The zero-order chi connectivity index (χ0) is 20.0. The van der Waals surface area contributed by atoms with Crippen molar-refractivity contribution in [2.45, 2.75) is 31.9 Å². The third kappa shape index (κ3) is 3.19. The Balaban J connectivity index is 1.57. The molecule has 2 aromatic rings. The number of methoxy groups -OCH3 is 1. The average molecular weight is 418 g/mol. The highest BCUT2D eigenvalue weighted by atomic mass is 35.5. The Kier molecular flexibility index (Phi) is 4.93. The predicted molar refractivity (Wildman–Crippen MR) is 107 cm³/mol. The maximum Gasteiger partial charge on any atom is 0.345 e. The molecule has 3 saturated heterocycles. The lowest BCUT2D eigenvalue weighted by Gasteiger charge is -2.31. The Hall–Kier alpha value is -2.16. The fraction of sp³-hybridized carbons (Fsp3) is 0.550. The van der Waals surface area contributed by atoms with E-state index in [9.17, 15) is 4.79 Å². The van der Waals surface area contributed by atoms with Gasteiger partial charge in [-0.1, -0.05) is 11.6 Å². The van der Waals surface area contributed by atoms with Crippen molar-refractivity contribution in [1.29, 1.82) is 0 Å². The number of hydrogen-bond donors (Lipinski definition) is 0. The molecule has 154 valence electrons. The van der Waals surface area contributed by atoms with Gasteiger partial charge in [-0.15, -0.1) is 0 Å². The number of carbonyl (C=O) groups excluding carboxylic acids is 1. The second-order valence-corrected chi connectivity index (χ2v) is 8.10. The molecule has 0 spiro atoms. The smallest absolute Gasteiger partial charge is 0.345 e. The quantitative estimate of drug-likeness (QED) is 0.747. The number of ether oxygens (including phenoxy) is 2. The van der Waals surface area contributed by atoms with Crippen molar-refractivity contribution in [3.8, 4) is 17.1 Å². The molecular formula is C20H24ClN5O3. The van der Waals surface area contributed by atoms with Gasteiger partial charge < -0.3 is 19.3 Å². The minimum atomic E-state index is -0.0658. The Morgan fingerprint density at radius 1 is 1.28 bits per heavy atom. The van der Waals surface area contributed by atoms with Gasteiger partial charge >= 0.3 is 6.03 Å². The number of halogens is 1. The molecule has 8 nitrogen and oxygen atoms in total. The zero-order valence-electron chi connectivity index (χ0n) is 16.4. The third-order valence-electron chi connectivity index (χ3n) is 6.21. The number of nitrogens with zero attached hydrogens (tertiary/aromatic N) is 5. The molecule has 2 aromatic heterocycles. The van der Waals surface area contributed by atoms with Crippen LogP contribution in [0, 0.1) is 0 Å². The predicted octanol–water partition coefficient (Wildman–Crippen LogP) is 2.43. The van der Waals surface area contributed by atoms with E-state index in [0.29, 0.717) is 36.2 Å². The molecule has 0 radical (unpaired) electrons. The highest BCUT2D eigenvalue weighted by Gasteiger charge is 2.35. The van der Waals surface area contributed by atoms with Crippen molar-refractivity contribution in [2.75, 3.05) is 39.9 Å². The first-order valence-corrected chi connectivity index (χ1v) is 10.5. The molecule has 0 saturated carbocycles. The number of aromatic nitrogens is 3. The molecule has 4 aliphatic rings. The van der Waals surface area contributed by atoms with Gasteiger partial charge in [-0.25, -0.2) is 9.78 Å². The minimum absolute atomic E-state index is 0.0658. The summed E-state index contributed by atoms with van der Waals surface area (Å²) in [6.07, 6.45) is 4.38. The Morgan fingerprint density at radius 3 is 2.90 bits per heavy atom. The molecule has 6 rings (SSSR count). The maximum atomic E-state index is 13.5. The van der Waals surface area contributed by atoms with Gasteiger partial charge in [0.25, 0.3) is 0 Å². The zero-order valence-corrected chi connectivity index (χ0v) is 17.2. The molecule has 0 unspecified atom stereocenters. The van der Waals surface area contributed by atoms with Gasteiger partial charge in [-0.2, -0.15) is 9.78 Å². The van der Waals surface area contributed by atoms with Crippen LogP contribution in [0.3, 0.4) is 0 Å². The fourth-order valence-electron chi connectivity index (χ4n) is 4.62. The van der Waals surface area contributed by atoms with Crippen LogP contribution in [0.5, 0.6) is 5.88 Å². The Morgan fingerprint density at radius 2 is 2.10 bits per heavy atom. The topological polar surface area (TPSA) is 72.7 Å².